The third-order valence-electron chi connectivity index (χ3n) is 2.91. The van der Waals surface area contributed by atoms with E-state index < -0.39 is 5.97 Å². The van der Waals surface area contributed by atoms with Crippen LogP contribution in [0.4, 0.5) is 0 Å². The first kappa shape index (κ1) is 14.1. The number of halogens is 3. The highest BCUT2D eigenvalue weighted by Gasteiger charge is 2.20. The van der Waals surface area contributed by atoms with Crippen molar-refractivity contribution >= 4 is 46.4 Å². The fourth-order valence-corrected chi connectivity index (χ4v) is 2.71. The summed E-state index contributed by atoms with van der Waals surface area (Å²) in [6.07, 6.45) is 1.18. The standard InChI is InChI=1S/C13H6Cl3N3O2/c14-7-3-1-6(2-4-7)9-10(15)18-12-8(13(20)21)5-17-19(12)11(9)16/h1-5H,(H,20,21). The fraction of sp³-hybridized carbons (Fsp3) is 0. The molecule has 0 radical (unpaired) electrons. The van der Waals surface area contributed by atoms with E-state index in [1.807, 2.05) is 0 Å². The van der Waals surface area contributed by atoms with Crippen molar-refractivity contribution in [2.75, 3.05) is 0 Å². The van der Waals surface area contributed by atoms with E-state index in [1.54, 1.807) is 24.3 Å². The highest BCUT2D eigenvalue weighted by atomic mass is 35.5. The molecule has 1 N–H and O–H groups in total. The van der Waals surface area contributed by atoms with Gasteiger partial charge in [0.2, 0.25) is 0 Å². The van der Waals surface area contributed by atoms with Gasteiger partial charge in [0.15, 0.2) is 5.65 Å². The van der Waals surface area contributed by atoms with Gasteiger partial charge in [-0.05, 0) is 17.7 Å². The highest BCUT2D eigenvalue weighted by molar-refractivity contribution is 6.38. The van der Waals surface area contributed by atoms with Crippen molar-refractivity contribution in [1.29, 1.82) is 0 Å². The van der Waals surface area contributed by atoms with Crippen LogP contribution in [0.5, 0.6) is 0 Å². The molecule has 8 heteroatoms. The van der Waals surface area contributed by atoms with Crippen LogP contribution in [0.25, 0.3) is 16.8 Å². The molecule has 0 unspecified atom stereocenters. The molecule has 0 bridgehead atoms. The second-order valence-electron chi connectivity index (χ2n) is 4.17. The van der Waals surface area contributed by atoms with E-state index in [0.29, 0.717) is 16.1 Å². The summed E-state index contributed by atoms with van der Waals surface area (Å²) in [5.74, 6) is -1.15. The molecule has 2 aromatic heterocycles. The Morgan fingerprint density at radius 2 is 1.81 bits per heavy atom. The Bertz CT molecular complexity index is 859. The van der Waals surface area contributed by atoms with E-state index in [1.165, 1.54) is 10.7 Å². The third-order valence-corrected chi connectivity index (χ3v) is 3.78. The molecule has 0 amide bonds. The van der Waals surface area contributed by atoms with Crippen LogP contribution in [-0.2, 0) is 0 Å². The van der Waals surface area contributed by atoms with Gasteiger partial charge in [-0.3, -0.25) is 0 Å². The van der Waals surface area contributed by atoms with Crippen molar-refractivity contribution in [3.63, 3.8) is 0 Å². The number of carboxylic acids is 1. The predicted octanol–water partition coefficient (Wildman–Crippen LogP) is 4.05. The van der Waals surface area contributed by atoms with Gasteiger partial charge in [0, 0.05) is 5.02 Å². The van der Waals surface area contributed by atoms with Gasteiger partial charge in [-0.1, -0.05) is 46.9 Å². The van der Waals surface area contributed by atoms with Gasteiger partial charge in [0.05, 0.1) is 11.8 Å². The average molecular weight is 343 g/mol. The minimum Gasteiger partial charge on any atom is -0.477 e. The minimum atomic E-state index is -1.15. The molecule has 0 atom stereocenters. The predicted molar refractivity (Wildman–Crippen MR) is 80.4 cm³/mol. The van der Waals surface area contributed by atoms with Gasteiger partial charge in [-0.25, -0.2) is 14.3 Å². The summed E-state index contributed by atoms with van der Waals surface area (Å²) in [5.41, 5.74) is 1.19. The summed E-state index contributed by atoms with van der Waals surface area (Å²) in [7, 11) is 0. The van der Waals surface area contributed by atoms with Crippen LogP contribution in [0.3, 0.4) is 0 Å². The summed E-state index contributed by atoms with van der Waals surface area (Å²) in [6, 6.07) is 6.87. The summed E-state index contributed by atoms with van der Waals surface area (Å²) >= 11 is 18.3. The van der Waals surface area contributed by atoms with Crippen molar-refractivity contribution in [3.8, 4) is 11.1 Å². The molecule has 2 heterocycles. The molecule has 0 spiro atoms. The van der Waals surface area contributed by atoms with Crippen LogP contribution in [0.1, 0.15) is 10.4 Å². The van der Waals surface area contributed by atoms with Crippen molar-refractivity contribution in [1.82, 2.24) is 14.6 Å². The second-order valence-corrected chi connectivity index (χ2v) is 5.33. The maximum Gasteiger partial charge on any atom is 0.341 e. The van der Waals surface area contributed by atoms with E-state index in [2.05, 4.69) is 10.1 Å². The van der Waals surface area contributed by atoms with Gasteiger partial charge in [0.1, 0.15) is 15.9 Å². The van der Waals surface area contributed by atoms with E-state index in [0.717, 1.165) is 0 Å². The molecule has 0 fully saturated rings. The van der Waals surface area contributed by atoms with Gasteiger partial charge < -0.3 is 5.11 Å². The number of hydrogen-bond acceptors (Lipinski definition) is 3. The normalized spacial score (nSPS) is 11.0. The minimum absolute atomic E-state index is 0.0681. The quantitative estimate of drug-likeness (QED) is 0.713. The zero-order valence-electron chi connectivity index (χ0n) is 10.2. The number of fused-ring (bicyclic) bond motifs is 1. The highest BCUT2D eigenvalue weighted by Crippen LogP contribution is 2.35. The molecular weight excluding hydrogens is 337 g/mol. The van der Waals surface area contributed by atoms with Crippen LogP contribution in [0.2, 0.25) is 15.3 Å². The Hall–Kier alpha value is -1.82. The topological polar surface area (TPSA) is 67.5 Å². The molecule has 1 aromatic carbocycles. The Balaban J connectivity index is 2.30. The van der Waals surface area contributed by atoms with E-state index in [-0.39, 0.29) is 21.5 Å². The lowest BCUT2D eigenvalue weighted by Crippen LogP contribution is -2.01. The molecule has 5 nitrogen and oxygen atoms in total. The first-order chi connectivity index (χ1) is 9.99. The molecule has 0 aliphatic rings. The summed E-state index contributed by atoms with van der Waals surface area (Å²) in [6.45, 7) is 0. The molecule has 3 aromatic rings. The Morgan fingerprint density at radius 1 is 1.14 bits per heavy atom. The van der Waals surface area contributed by atoms with E-state index in [9.17, 15) is 4.79 Å². The zero-order chi connectivity index (χ0) is 15.1. The fourth-order valence-electron chi connectivity index (χ4n) is 1.94. The van der Waals surface area contributed by atoms with Gasteiger partial charge in [0.25, 0.3) is 0 Å². The Kier molecular flexibility index (Phi) is 3.49. The number of benzene rings is 1. The lowest BCUT2D eigenvalue weighted by atomic mass is 10.1. The monoisotopic (exact) mass is 341 g/mol. The van der Waals surface area contributed by atoms with Crippen LogP contribution in [-0.4, -0.2) is 25.7 Å². The lowest BCUT2D eigenvalue weighted by molar-refractivity contribution is 0.0699. The van der Waals surface area contributed by atoms with Gasteiger partial charge >= 0.3 is 5.97 Å². The number of aromatic nitrogens is 3. The van der Waals surface area contributed by atoms with E-state index in [4.69, 9.17) is 39.9 Å². The molecule has 0 saturated carbocycles. The van der Waals surface area contributed by atoms with Gasteiger partial charge in [-0.15, -0.1) is 0 Å². The Labute approximate surface area is 133 Å². The van der Waals surface area contributed by atoms with Crippen molar-refractivity contribution in [3.05, 3.63) is 51.4 Å². The number of rotatable bonds is 2. The zero-order valence-corrected chi connectivity index (χ0v) is 12.5. The van der Waals surface area contributed by atoms with Crippen LogP contribution in [0.15, 0.2) is 30.5 Å². The average Bonchev–Trinajstić information content (AvgIpc) is 2.85. The number of carbonyl (C=O) groups is 1. The maximum atomic E-state index is 11.1. The largest absolute Gasteiger partial charge is 0.477 e. The molecule has 0 saturated heterocycles. The van der Waals surface area contributed by atoms with Crippen LogP contribution < -0.4 is 0 Å². The maximum absolute atomic E-state index is 11.1. The molecule has 106 valence electrons. The van der Waals surface area contributed by atoms with Crippen molar-refractivity contribution in [2.45, 2.75) is 0 Å². The number of carboxylic acid groups (broad SMARTS) is 1. The first-order valence-electron chi connectivity index (χ1n) is 5.71. The molecule has 21 heavy (non-hydrogen) atoms. The van der Waals surface area contributed by atoms with E-state index >= 15 is 0 Å². The molecular formula is C13H6Cl3N3O2. The second kappa shape index (κ2) is 5.18. The lowest BCUT2D eigenvalue weighted by Gasteiger charge is -2.08. The number of hydrogen-bond donors (Lipinski definition) is 1. The molecule has 0 aliphatic heterocycles. The van der Waals surface area contributed by atoms with Crippen LogP contribution in [0, 0.1) is 0 Å². The Morgan fingerprint density at radius 3 is 2.43 bits per heavy atom. The van der Waals surface area contributed by atoms with Gasteiger partial charge in [-0.2, -0.15) is 5.10 Å². The third kappa shape index (κ3) is 2.33. The summed E-state index contributed by atoms with van der Waals surface area (Å²) < 4.78 is 1.24. The van der Waals surface area contributed by atoms with Crippen molar-refractivity contribution < 1.29 is 9.90 Å². The number of aromatic carboxylic acids is 1. The summed E-state index contributed by atoms with van der Waals surface area (Å²) in [5, 5.41) is 13.9. The number of nitrogens with zero attached hydrogens (tertiary/aromatic N) is 3. The molecule has 3 rings (SSSR count). The van der Waals surface area contributed by atoms with Crippen LogP contribution >= 0.6 is 34.8 Å². The summed E-state index contributed by atoms with van der Waals surface area (Å²) in [4.78, 5) is 15.2. The smallest absolute Gasteiger partial charge is 0.341 e. The SMILES string of the molecule is O=C(O)c1cnn2c(Cl)c(-c3ccc(Cl)cc3)c(Cl)nc12. The first-order valence-corrected chi connectivity index (χ1v) is 6.84. The molecule has 0 aliphatic carbocycles. The van der Waals surface area contributed by atoms with Crippen molar-refractivity contribution in [2.24, 2.45) is 0 Å².